The molecule has 30 heavy (non-hydrogen) atoms. The van der Waals surface area contributed by atoms with Crippen molar-refractivity contribution in [1.29, 1.82) is 0 Å². The first-order chi connectivity index (χ1) is 14.2. The maximum absolute atomic E-state index is 13.0. The van der Waals surface area contributed by atoms with Gasteiger partial charge in [-0.2, -0.15) is 13.2 Å². The van der Waals surface area contributed by atoms with Crippen LogP contribution in [0.15, 0.2) is 48.7 Å². The lowest BCUT2D eigenvalue weighted by molar-refractivity contribution is -0.137. The average molecular weight is 437 g/mol. The Morgan fingerprint density at radius 3 is 2.27 bits per heavy atom. The van der Waals surface area contributed by atoms with Gasteiger partial charge >= 0.3 is 12.1 Å². The molecule has 1 aromatic heterocycles. The SMILES string of the molecule is O=C(ON1C(=O)c2ccccc2C1=O)c1cnnn1-c1cc(C(F)(F)F)ccc1Cl. The molecule has 4 rings (SSSR count). The first-order valence-electron chi connectivity index (χ1n) is 8.16. The largest absolute Gasteiger partial charge is 0.416 e. The van der Waals surface area contributed by atoms with E-state index in [4.69, 9.17) is 16.4 Å². The molecule has 1 aliphatic heterocycles. The second-order valence-corrected chi connectivity index (χ2v) is 6.43. The van der Waals surface area contributed by atoms with Crippen molar-refractivity contribution in [3.05, 3.63) is 76.1 Å². The number of amides is 2. The van der Waals surface area contributed by atoms with E-state index >= 15 is 0 Å². The van der Waals surface area contributed by atoms with E-state index in [9.17, 15) is 27.6 Å². The summed E-state index contributed by atoms with van der Waals surface area (Å²) < 4.78 is 39.8. The Bertz CT molecular complexity index is 1170. The molecular formula is C18H8ClF3N4O4. The van der Waals surface area contributed by atoms with Crippen LogP contribution in [-0.2, 0) is 11.0 Å². The third-order valence-corrected chi connectivity index (χ3v) is 4.51. The van der Waals surface area contributed by atoms with Crippen molar-refractivity contribution < 1.29 is 32.4 Å². The number of fused-ring (bicyclic) bond motifs is 1. The molecule has 0 saturated heterocycles. The Morgan fingerprint density at radius 1 is 1.03 bits per heavy atom. The first kappa shape index (κ1) is 19.6. The number of alkyl halides is 3. The Hall–Kier alpha value is -3.73. The molecule has 0 bridgehead atoms. The summed E-state index contributed by atoms with van der Waals surface area (Å²) in [6.07, 6.45) is -3.77. The molecule has 12 heteroatoms. The lowest BCUT2D eigenvalue weighted by atomic mass is 10.1. The quantitative estimate of drug-likeness (QED) is 0.585. The third-order valence-electron chi connectivity index (χ3n) is 4.19. The van der Waals surface area contributed by atoms with Crippen molar-refractivity contribution in [2.24, 2.45) is 0 Å². The normalized spacial score (nSPS) is 13.5. The maximum atomic E-state index is 13.0. The number of hydroxylamine groups is 2. The highest BCUT2D eigenvalue weighted by molar-refractivity contribution is 6.32. The van der Waals surface area contributed by atoms with E-state index in [0.717, 1.165) is 23.0 Å². The van der Waals surface area contributed by atoms with Crippen LogP contribution < -0.4 is 0 Å². The number of carbonyl (C=O) groups excluding carboxylic acids is 3. The minimum atomic E-state index is -4.67. The summed E-state index contributed by atoms with van der Waals surface area (Å²) in [5.74, 6) is -2.97. The summed E-state index contributed by atoms with van der Waals surface area (Å²) in [6.45, 7) is 0. The maximum Gasteiger partial charge on any atom is 0.416 e. The fourth-order valence-electron chi connectivity index (χ4n) is 2.78. The third kappa shape index (κ3) is 3.18. The molecule has 0 radical (unpaired) electrons. The Kier molecular flexibility index (Phi) is 4.54. The van der Waals surface area contributed by atoms with Gasteiger partial charge in [0.2, 0.25) is 0 Å². The number of aromatic nitrogens is 3. The number of hydrogen-bond donors (Lipinski definition) is 0. The van der Waals surface area contributed by atoms with Gasteiger partial charge in [-0.25, -0.2) is 9.48 Å². The van der Waals surface area contributed by atoms with Gasteiger partial charge in [0.15, 0.2) is 5.69 Å². The molecule has 1 aliphatic rings. The molecule has 0 spiro atoms. The van der Waals surface area contributed by atoms with Gasteiger partial charge < -0.3 is 4.84 Å². The summed E-state index contributed by atoms with van der Waals surface area (Å²) in [5, 5.41) is 7.17. The van der Waals surface area contributed by atoms with Crippen LogP contribution in [0.25, 0.3) is 5.69 Å². The molecule has 0 atom stereocenters. The molecule has 0 aliphatic carbocycles. The van der Waals surface area contributed by atoms with Crippen molar-refractivity contribution in [2.75, 3.05) is 0 Å². The van der Waals surface area contributed by atoms with E-state index in [1.54, 1.807) is 0 Å². The minimum absolute atomic E-state index is 0.0443. The second-order valence-electron chi connectivity index (χ2n) is 6.02. The summed E-state index contributed by atoms with van der Waals surface area (Å²) in [7, 11) is 0. The molecular weight excluding hydrogens is 429 g/mol. The van der Waals surface area contributed by atoms with Crippen LogP contribution in [0.2, 0.25) is 5.02 Å². The number of rotatable bonds is 3. The standard InChI is InChI=1S/C18H8ClF3N4O4/c19-12-6-5-9(18(20,21)22)7-13(12)25-14(8-23-24-25)17(29)30-26-15(27)10-3-1-2-4-11(10)16(26)28/h1-8H. The van der Waals surface area contributed by atoms with Gasteiger partial charge in [-0.1, -0.05) is 34.0 Å². The van der Waals surface area contributed by atoms with Crippen molar-refractivity contribution >= 4 is 29.4 Å². The lowest BCUT2D eigenvalue weighted by Crippen LogP contribution is -2.33. The van der Waals surface area contributed by atoms with E-state index in [1.165, 1.54) is 24.3 Å². The van der Waals surface area contributed by atoms with Gasteiger partial charge in [0.25, 0.3) is 11.8 Å². The van der Waals surface area contributed by atoms with E-state index in [0.29, 0.717) is 6.07 Å². The zero-order valence-electron chi connectivity index (χ0n) is 14.6. The highest BCUT2D eigenvalue weighted by Crippen LogP contribution is 2.33. The number of hydrogen-bond acceptors (Lipinski definition) is 6. The Morgan fingerprint density at radius 2 is 1.67 bits per heavy atom. The van der Waals surface area contributed by atoms with Gasteiger partial charge in [-0.3, -0.25) is 9.59 Å². The molecule has 0 N–H and O–H groups in total. The van der Waals surface area contributed by atoms with Crippen molar-refractivity contribution in [1.82, 2.24) is 20.1 Å². The van der Waals surface area contributed by atoms with Gasteiger partial charge in [0.05, 0.1) is 33.6 Å². The molecule has 3 aromatic rings. The van der Waals surface area contributed by atoms with Crippen LogP contribution in [0.3, 0.4) is 0 Å². The molecule has 0 fully saturated rings. The second kappa shape index (κ2) is 6.95. The van der Waals surface area contributed by atoms with Crippen LogP contribution >= 0.6 is 11.6 Å². The van der Waals surface area contributed by atoms with E-state index in [2.05, 4.69) is 10.3 Å². The fourth-order valence-corrected chi connectivity index (χ4v) is 2.98. The fraction of sp³-hybridized carbons (Fsp3) is 0.0556. The van der Waals surface area contributed by atoms with Crippen molar-refractivity contribution in [3.63, 3.8) is 0 Å². The Balaban J connectivity index is 1.66. The number of nitrogens with zero attached hydrogens (tertiary/aromatic N) is 4. The summed E-state index contributed by atoms with van der Waals surface area (Å²) in [4.78, 5) is 42.1. The number of imide groups is 1. The monoisotopic (exact) mass is 436 g/mol. The summed E-state index contributed by atoms with van der Waals surface area (Å²) in [5.41, 5.74) is -1.69. The van der Waals surface area contributed by atoms with Crippen molar-refractivity contribution in [3.8, 4) is 5.69 Å². The molecule has 152 valence electrons. The average Bonchev–Trinajstić information content (AvgIpc) is 3.27. The number of benzene rings is 2. The van der Waals surface area contributed by atoms with E-state index in [1.807, 2.05) is 0 Å². The van der Waals surface area contributed by atoms with Crippen LogP contribution in [0.1, 0.15) is 36.8 Å². The predicted octanol–water partition coefficient (Wildman–Crippen LogP) is 3.31. The minimum Gasteiger partial charge on any atom is -0.322 e. The molecule has 2 amide bonds. The molecule has 0 saturated carbocycles. The predicted molar refractivity (Wildman–Crippen MR) is 93.7 cm³/mol. The summed E-state index contributed by atoms with van der Waals surface area (Å²) in [6, 6.07) is 8.26. The van der Waals surface area contributed by atoms with E-state index in [-0.39, 0.29) is 26.9 Å². The lowest BCUT2D eigenvalue weighted by Gasteiger charge is -2.14. The van der Waals surface area contributed by atoms with Gasteiger partial charge in [0.1, 0.15) is 0 Å². The van der Waals surface area contributed by atoms with Gasteiger partial charge in [-0.05, 0) is 30.3 Å². The molecule has 2 aromatic carbocycles. The molecule has 2 heterocycles. The number of halogens is 4. The Labute approximate surface area is 170 Å². The smallest absolute Gasteiger partial charge is 0.322 e. The first-order valence-corrected chi connectivity index (χ1v) is 8.54. The van der Waals surface area contributed by atoms with Crippen LogP contribution in [0.5, 0.6) is 0 Å². The molecule has 0 unspecified atom stereocenters. The van der Waals surface area contributed by atoms with Gasteiger partial charge in [-0.15, -0.1) is 5.10 Å². The highest BCUT2D eigenvalue weighted by atomic mass is 35.5. The van der Waals surface area contributed by atoms with Crippen molar-refractivity contribution in [2.45, 2.75) is 6.18 Å². The van der Waals surface area contributed by atoms with Gasteiger partial charge in [0, 0.05) is 0 Å². The zero-order valence-corrected chi connectivity index (χ0v) is 15.3. The number of carbonyl (C=O) groups is 3. The highest BCUT2D eigenvalue weighted by Gasteiger charge is 2.39. The topological polar surface area (TPSA) is 94.4 Å². The summed E-state index contributed by atoms with van der Waals surface area (Å²) >= 11 is 5.97. The van der Waals surface area contributed by atoms with Crippen LogP contribution in [0, 0.1) is 0 Å². The zero-order chi connectivity index (χ0) is 21.6. The van der Waals surface area contributed by atoms with Crippen LogP contribution in [0.4, 0.5) is 13.2 Å². The van der Waals surface area contributed by atoms with E-state index < -0.39 is 35.2 Å². The van der Waals surface area contributed by atoms with Crippen LogP contribution in [-0.4, -0.2) is 37.8 Å². The molecule has 8 nitrogen and oxygen atoms in total.